The fourth-order valence-electron chi connectivity index (χ4n) is 3.17. The van der Waals surface area contributed by atoms with E-state index in [0.29, 0.717) is 11.8 Å². The smallest absolute Gasteiger partial charge is 0.146 e. The van der Waals surface area contributed by atoms with Gasteiger partial charge in [0.25, 0.3) is 0 Å². The van der Waals surface area contributed by atoms with Crippen LogP contribution in [0.3, 0.4) is 0 Å². The molecule has 1 atom stereocenters. The first-order valence-electron chi connectivity index (χ1n) is 9.57. The van der Waals surface area contributed by atoms with Crippen molar-refractivity contribution in [1.29, 1.82) is 0 Å². The maximum atomic E-state index is 14.5. The van der Waals surface area contributed by atoms with Crippen molar-refractivity contribution in [2.24, 2.45) is 5.92 Å². The average Bonchev–Trinajstić information content (AvgIpc) is 2.68. The van der Waals surface area contributed by atoms with Crippen molar-refractivity contribution in [3.63, 3.8) is 0 Å². The van der Waals surface area contributed by atoms with Crippen molar-refractivity contribution in [2.45, 2.75) is 65.4 Å². The normalized spacial score (nSPS) is 15.9. The Balaban J connectivity index is 0.00000158. The van der Waals surface area contributed by atoms with Crippen LogP contribution in [0, 0.1) is 11.7 Å². The predicted octanol–water partition coefficient (Wildman–Crippen LogP) is 5.00. The monoisotopic (exact) mass is 381 g/mol. The number of piperidine rings is 1. The summed E-state index contributed by atoms with van der Waals surface area (Å²) in [5, 5.41) is 0. The molecule has 154 valence electrons. The molecule has 1 heterocycles. The number of para-hydroxylation sites is 1. The van der Waals surface area contributed by atoms with Crippen LogP contribution in [-0.2, 0) is 14.3 Å². The van der Waals surface area contributed by atoms with Gasteiger partial charge in [-0.25, -0.2) is 4.39 Å². The van der Waals surface area contributed by atoms with Gasteiger partial charge < -0.3 is 19.2 Å². The molecule has 27 heavy (non-hydrogen) atoms. The summed E-state index contributed by atoms with van der Waals surface area (Å²) < 4.78 is 20.4. The number of rotatable bonds is 5. The Morgan fingerprint density at radius 1 is 1.19 bits per heavy atom. The molecule has 0 aromatic heterocycles. The molecule has 4 nitrogen and oxygen atoms in total. The van der Waals surface area contributed by atoms with Gasteiger partial charge in [0.05, 0.1) is 17.9 Å². The van der Waals surface area contributed by atoms with E-state index in [4.69, 9.17) is 14.3 Å². The molecule has 0 bridgehead atoms. The largest absolute Gasteiger partial charge is 0.376 e. The molecule has 0 N–H and O–H groups in total. The molecule has 0 spiro atoms. The Morgan fingerprint density at radius 2 is 1.74 bits per heavy atom. The van der Waals surface area contributed by atoms with Crippen molar-refractivity contribution in [2.75, 3.05) is 24.6 Å². The topological polar surface area (TPSA) is 46.6 Å². The lowest BCUT2D eigenvalue weighted by Gasteiger charge is -2.36. The molecule has 0 saturated carbocycles. The second kappa shape index (κ2) is 12.6. The predicted molar refractivity (Wildman–Crippen MR) is 110 cm³/mol. The molecular formula is C22H36FNO3. The minimum atomic E-state index is -0.0770. The summed E-state index contributed by atoms with van der Waals surface area (Å²) in [4.78, 5) is 18.2. The molecular weight excluding hydrogens is 345 g/mol. The van der Waals surface area contributed by atoms with Crippen LogP contribution in [0.4, 0.5) is 10.1 Å². The number of hydrogen-bond acceptors (Lipinski definition) is 4. The minimum Gasteiger partial charge on any atom is -0.376 e. The molecule has 1 aromatic rings. The van der Waals surface area contributed by atoms with Crippen LogP contribution in [0.5, 0.6) is 0 Å². The van der Waals surface area contributed by atoms with Crippen molar-refractivity contribution < 1.29 is 18.7 Å². The van der Waals surface area contributed by atoms with Gasteiger partial charge in [0, 0.05) is 13.1 Å². The van der Waals surface area contributed by atoms with Crippen LogP contribution in [0.1, 0.15) is 65.4 Å². The van der Waals surface area contributed by atoms with E-state index in [1.54, 1.807) is 6.07 Å². The third-order valence-corrected chi connectivity index (χ3v) is 4.84. The van der Waals surface area contributed by atoms with E-state index in [2.05, 4.69) is 45.6 Å². The summed E-state index contributed by atoms with van der Waals surface area (Å²) in [6, 6.07) is 5.52. The molecule has 0 amide bonds. The van der Waals surface area contributed by atoms with E-state index in [1.165, 1.54) is 0 Å². The Kier molecular flexibility index (Phi) is 11.8. The summed E-state index contributed by atoms with van der Waals surface area (Å²) in [6.07, 6.45) is 3.18. The lowest BCUT2D eigenvalue weighted by atomic mass is 9.93. The van der Waals surface area contributed by atoms with E-state index < -0.39 is 0 Å². The van der Waals surface area contributed by atoms with E-state index in [9.17, 15) is 4.39 Å². The zero-order valence-electron chi connectivity index (χ0n) is 17.6. The van der Waals surface area contributed by atoms with Gasteiger partial charge in [-0.2, -0.15) is 0 Å². The van der Waals surface area contributed by atoms with Gasteiger partial charge in [0.1, 0.15) is 19.4 Å². The summed E-state index contributed by atoms with van der Waals surface area (Å²) in [5.41, 5.74) is 1.90. The lowest BCUT2D eigenvalue weighted by Crippen LogP contribution is -2.37. The van der Waals surface area contributed by atoms with Gasteiger partial charge in [0.2, 0.25) is 0 Å². The van der Waals surface area contributed by atoms with Gasteiger partial charge in [-0.15, -0.1) is 0 Å². The van der Waals surface area contributed by atoms with Crippen LogP contribution in [-0.4, -0.2) is 38.9 Å². The highest BCUT2D eigenvalue weighted by atomic mass is 19.1. The second-order valence-electron chi connectivity index (χ2n) is 7.84. The van der Waals surface area contributed by atoms with Crippen molar-refractivity contribution in [3.05, 3.63) is 29.6 Å². The minimum absolute atomic E-state index is 0.0767. The first kappa shape index (κ1) is 25.2. The first-order valence-corrected chi connectivity index (χ1v) is 9.57. The fraction of sp³-hybridized carbons (Fsp3) is 0.636. The number of ether oxygens (including phenoxy) is 1. The van der Waals surface area contributed by atoms with Crippen molar-refractivity contribution in [1.82, 2.24) is 0 Å². The first-order chi connectivity index (χ1) is 12.8. The lowest BCUT2D eigenvalue weighted by molar-refractivity contribution is -0.0987. The van der Waals surface area contributed by atoms with Gasteiger partial charge in [0.15, 0.2) is 0 Å². The van der Waals surface area contributed by atoms with Crippen LogP contribution < -0.4 is 4.90 Å². The number of hydrogen-bond donors (Lipinski definition) is 0. The number of anilines is 1. The molecule has 1 aliphatic rings. The van der Waals surface area contributed by atoms with E-state index in [0.717, 1.165) is 50.2 Å². The van der Waals surface area contributed by atoms with Crippen molar-refractivity contribution in [3.8, 4) is 0 Å². The van der Waals surface area contributed by atoms with Crippen LogP contribution in [0.2, 0.25) is 0 Å². The molecule has 1 fully saturated rings. The zero-order valence-corrected chi connectivity index (χ0v) is 17.6. The Hall–Kier alpha value is -1.75. The zero-order chi connectivity index (χ0) is 21.0. The quantitative estimate of drug-likeness (QED) is 0.720. The number of benzene rings is 1. The van der Waals surface area contributed by atoms with E-state index >= 15 is 0 Å². The third kappa shape index (κ3) is 8.21. The third-order valence-electron chi connectivity index (χ3n) is 4.84. The number of nitrogens with zero attached hydrogens (tertiary/aromatic N) is 1. The SMILES string of the molecule is C=O.C=O.CCC(C)c1cccc(F)c1N1CCC(COC(C)(C)C)CC1. The average molecular weight is 382 g/mol. The molecule has 5 heteroatoms. The number of carbonyl (C=O) groups is 2. The number of carbonyl (C=O) groups excluding carboxylic acids is 2. The van der Waals surface area contributed by atoms with Crippen LogP contribution in [0.15, 0.2) is 18.2 Å². The van der Waals surface area contributed by atoms with E-state index in [1.807, 2.05) is 19.6 Å². The summed E-state index contributed by atoms with van der Waals surface area (Å²) in [5.74, 6) is 0.902. The van der Waals surface area contributed by atoms with Crippen LogP contribution >= 0.6 is 0 Å². The molecule has 1 saturated heterocycles. The summed E-state index contributed by atoms with van der Waals surface area (Å²) >= 11 is 0. The molecule has 1 aliphatic heterocycles. The van der Waals surface area contributed by atoms with Gasteiger partial charge in [-0.05, 0) is 63.5 Å². The standard InChI is InChI=1S/C20H32FNO.2CH2O/c1-6-15(2)17-8-7-9-18(21)19(17)22-12-10-16(11-13-22)14-23-20(3,4)5;2*1-2/h7-9,15-16H,6,10-14H2,1-5H3;2*1H2. The maximum Gasteiger partial charge on any atom is 0.146 e. The summed E-state index contributed by atoms with van der Waals surface area (Å²) in [6.45, 7) is 17.3. The highest BCUT2D eigenvalue weighted by Gasteiger charge is 2.25. The maximum absolute atomic E-state index is 14.5. The van der Waals surface area contributed by atoms with Gasteiger partial charge >= 0.3 is 0 Å². The molecule has 0 radical (unpaired) electrons. The highest BCUT2D eigenvalue weighted by molar-refractivity contribution is 5.56. The highest BCUT2D eigenvalue weighted by Crippen LogP contribution is 2.34. The van der Waals surface area contributed by atoms with Crippen LogP contribution in [0.25, 0.3) is 0 Å². The van der Waals surface area contributed by atoms with Crippen molar-refractivity contribution >= 4 is 19.3 Å². The Morgan fingerprint density at radius 3 is 2.22 bits per heavy atom. The second-order valence-corrected chi connectivity index (χ2v) is 7.84. The summed E-state index contributed by atoms with van der Waals surface area (Å²) in [7, 11) is 0. The molecule has 2 rings (SSSR count). The van der Waals surface area contributed by atoms with E-state index in [-0.39, 0.29) is 11.4 Å². The molecule has 1 aromatic carbocycles. The number of halogens is 1. The van der Waals surface area contributed by atoms with Gasteiger partial charge in [-0.3, -0.25) is 0 Å². The Bertz CT molecular complexity index is 535. The Labute approximate surface area is 164 Å². The fourth-order valence-corrected chi connectivity index (χ4v) is 3.17. The molecule has 1 unspecified atom stereocenters. The molecule has 0 aliphatic carbocycles. The van der Waals surface area contributed by atoms with Gasteiger partial charge in [-0.1, -0.05) is 26.0 Å².